The van der Waals surface area contributed by atoms with Crippen LogP contribution in [0.1, 0.15) is 11.1 Å². The molecule has 0 saturated heterocycles. The number of halogens is 1. The number of hydrogen-bond acceptors (Lipinski definition) is 4. The number of nitrogens with zero attached hydrogens (tertiary/aromatic N) is 3. The van der Waals surface area contributed by atoms with Crippen molar-refractivity contribution >= 4 is 39.9 Å². The van der Waals surface area contributed by atoms with Crippen molar-refractivity contribution in [1.82, 2.24) is 14.6 Å². The fourth-order valence-electron chi connectivity index (χ4n) is 2.96. The predicted molar refractivity (Wildman–Crippen MR) is 106 cm³/mol. The van der Waals surface area contributed by atoms with E-state index in [-0.39, 0.29) is 17.5 Å². The number of nitrogens with one attached hydrogen (secondary N) is 1. The lowest BCUT2D eigenvalue weighted by atomic mass is 10.1. The zero-order valence-electron chi connectivity index (χ0n) is 14.9. The largest absolute Gasteiger partial charge is 0.325 e. The van der Waals surface area contributed by atoms with E-state index in [0.29, 0.717) is 10.8 Å². The van der Waals surface area contributed by atoms with E-state index in [2.05, 4.69) is 39.8 Å². The molecule has 1 N–H and O–H groups in total. The highest BCUT2D eigenvalue weighted by molar-refractivity contribution is 7.99. The lowest BCUT2D eigenvalue weighted by Crippen LogP contribution is -2.14. The molecule has 0 aliphatic rings. The highest BCUT2D eigenvalue weighted by Crippen LogP contribution is 2.26. The molecule has 0 atom stereocenters. The van der Waals surface area contributed by atoms with E-state index in [9.17, 15) is 9.18 Å². The first-order valence-electron chi connectivity index (χ1n) is 8.44. The monoisotopic (exact) mass is 380 g/mol. The number of hydrogen-bond donors (Lipinski definition) is 1. The van der Waals surface area contributed by atoms with E-state index in [1.54, 1.807) is 0 Å². The van der Waals surface area contributed by atoms with Gasteiger partial charge < -0.3 is 5.32 Å². The number of thioether (sulfide) groups is 1. The van der Waals surface area contributed by atoms with Crippen LogP contribution in [0.2, 0.25) is 0 Å². The zero-order chi connectivity index (χ0) is 19.0. The average Bonchev–Trinajstić information content (AvgIpc) is 3.08. The van der Waals surface area contributed by atoms with E-state index >= 15 is 0 Å². The number of aryl methyl sites for hydroxylation is 2. The fourth-order valence-corrected chi connectivity index (χ4v) is 3.71. The maximum atomic E-state index is 13.0. The van der Waals surface area contributed by atoms with Gasteiger partial charge in [-0.1, -0.05) is 23.9 Å². The maximum absolute atomic E-state index is 13.0. The van der Waals surface area contributed by atoms with Gasteiger partial charge in [-0.05, 0) is 66.8 Å². The van der Waals surface area contributed by atoms with E-state index in [1.807, 2.05) is 18.2 Å². The summed E-state index contributed by atoms with van der Waals surface area (Å²) >= 11 is 1.32. The Kier molecular flexibility index (Phi) is 4.53. The zero-order valence-corrected chi connectivity index (χ0v) is 15.7. The van der Waals surface area contributed by atoms with Crippen molar-refractivity contribution in [2.45, 2.75) is 19.0 Å². The van der Waals surface area contributed by atoms with Crippen LogP contribution in [-0.4, -0.2) is 26.3 Å². The van der Waals surface area contributed by atoms with Crippen molar-refractivity contribution in [3.05, 3.63) is 65.5 Å². The van der Waals surface area contributed by atoms with Crippen LogP contribution in [0.4, 0.5) is 10.1 Å². The molecule has 136 valence electrons. The van der Waals surface area contributed by atoms with E-state index in [0.717, 1.165) is 27.7 Å². The molecule has 0 bridgehead atoms. The Morgan fingerprint density at radius 2 is 1.89 bits per heavy atom. The summed E-state index contributed by atoms with van der Waals surface area (Å²) in [7, 11) is 0. The highest BCUT2D eigenvalue weighted by Gasteiger charge is 2.14. The van der Waals surface area contributed by atoms with Crippen LogP contribution in [0.25, 0.3) is 16.6 Å². The average molecular weight is 380 g/mol. The summed E-state index contributed by atoms with van der Waals surface area (Å²) in [5.41, 5.74) is 4.54. The third-order valence-corrected chi connectivity index (χ3v) is 5.17. The number of carbonyl (C=O) groups is 1. The second kappa shape index (κ2) is 7.00. The minimum Gasteiger partial charge on any atom is -0.325 e. The molecule has 0 aliphatic carbocycles. The lowest BCUT2D eigenvalue weighted by molar-refractivity contribution is -0.113. The van der Waals surface area contributed by atoms with Gasteiger partial charge in [-0.3, -0.25) is 9.20 Å². The van der Waals surface area contributed by atoms with Gasteiger partial charge in [-0.2, -0.15) is 0 Å². The molecular formula is C20H17FN4OS. The molecule has 0 radical (unpaired) electrons. The molecule has 2 aromatic carbocycles. The number of pyridine rings is 1. The maximum Gasteiger partial charge on any atom is 0.234 e. The van der Waals surface area contributed by atoms with Crippen molar-refractivity contribution in [3.8, 4) is 0 Å². The summed E-state index contributed by atoms with van der Waals surface area (Å²) in [6.07, 6.45) is 0. The van der Waals surface area contributed by atoms with Crippen LogP contribution in [-0.2, 0) is 4.79 Å². The van der Waals surface area contributed by atoms with Gasteiger partial charge in [0.2, 0.25) is 5.91 Å². The molecule has 1 amide bonds. The quantitative estimate of drug-likeness (QED) is 0.534. The summed E-state index contributed by atoms with van der Waals surface area (Å²) in [5, 5.41) is 13.1. The molecule has 5 nitrogen and oxygen atoms in total. The summed E-state index contributed by atoms with van der Waals surface area (Å²) in [6, 6.07) is 14.0. The molecule has 7 heteroatoms. The van der Waals surface area contributed by atoms with Gasteiger partial charge in [0.25, 0.3) is 0 Å². The number of benzene rings is 2. The first kappa shape index (κ1) is 17.5. The molecule has 27 heavy (non-hydrogen) atoms. The molecule has 4 rings (SSSR count). The van der Waals surface area contributed by atoms with Crippen molar-refractivity contribution in [1.29, 1.82) is 0 Å². The smallest absolute Gasteiger partial charge is 0.234 e. The summed E-state index contributed by atoms with van der Waals surface area (Å²) in [5.74, 6) is -0.342. The van der Waals surface area contributed by atoms with Gasteiger partial charge in [0.1, 0.15) is 5.82 Å². The number of fused-ring (bicyclic) bond motifs is 3. The minimum atomic E-state index is -0.338. The molecule has 0 unspecified atom stereocenters. The molecule has 0 fully saturated rings. The Morgan fingerprint density at radius 3 is 2.67 bits per heavy atom. The van der Waals surface area contributed by atoms with Crippen molar-refractivity contribution < 1.29 is 9.18 Å². The van der Waals surface area contributed by atoms with Gasteiger partial charge in [-0.25, -0.2) is 4.39 Å². The summed E-state index contributed by atoms with van der Waals surface area (Å²) in [6.45, 7) is 4.04. The van der Waals surface area contributed by atoms with Gasteiger partial charge in [0.05, 0.1) is 11.3 Å². The second-order valence-electron chi connectivity index (χ2n) is 6.37. The molecular weight excluding hydrogens is 363 g/mol. The first-order valence-corrected chi connectivity index (χ1v) is 9.43. The normalized spacial score (nSPS) is 11.2. The van der Waals surface area contributed by atoms with Crippen LogP contribution in [0.15, 0.2) is 53.7 Å². The van der Waals surface area contributed by atoms with Crippen molar-refractivity contribution in [2.24, 2.45) is 0 Å². The number of carbonyl (C=O) groups excluding carboxylic acids is 1. The van der Waals surface area contributed by atoms with Crippen LogP contribution >= 0.6 is 11.8 Å². The van der Waals surface area contributed by atoms with Gasteiger partial charge >= 0.3 is 0 Å². The highest BCUT2D eigenvalue weighted by atomic mass is 32.2. The van der Waals surface area contributed by atoms with Crippen molar-refractivity contribution in [2.75, 3.05) is 11.1 Å². The van der Waals surface area contributed by atoms with E-state index < -0.39 is 0 Å². The molecule has 0 saturated carbocycles. The second-order valence-corrected chi connectivity index (χ2v) is 7.32. The van der Waals surface area contributed by atoms with Crippen LogP contribution < -0.4 is 5.32 Å². The van der Waals surface area contributed by atoms with Crippen LogP contribution in [0, 0.1) is 19.7 Å². The molecule has 4 aromatic rings. The van der Waals surface area contributed by atoms with Crippen LogP contribution in [0.5, 0.6) is 0 Å². The number of anilines is 1. The third kappa shape index (κ3) is 3.50. The van der Waals surface area contributed by atoms with Gasteiger partial charge in [0, 0.05) is 5.69 Å². The summed E-state index contributed by atoms with van der Waals surface area (Å²) in [4.78, 5) is 12.2. The van der Waals surface area contributed by atoms with Gasteiger partial charge in [-0.15, -0.1) is 10.2 Å². The predicted octanol–water partition coefficient (Wildman–Crippen LogP) is 4.37. The fraction of sp³-hybridized carbons (Fsp3) is 0.150. The topological polar surface area (TPSA) is 59.3 Å². The SMILES string of the molecule is Cc1ccc2cc(C)c3nnc(SCC(=O)Nc4ccc(F)cc4)n3c2c1. The first-order chi connectivity index (χ1) is 13.0. The van der Waals surface area contributed by atoms with Gasteiger partial charge in [0.15, 0.2) is 10.8 Å². The Bertz CT molecular complexity index is 1150. The molecule has 2 aromatic heterocycles. The number of amides is 1. The number of aromatic nitrogens is 3. The molecule has 0 spiro atoms. The Hall–Kier alpha value is -2.93. The standard InChI is InChI=1S/C20H17FN4OS/c1-12-3-4-14-10-13(2)19-23-24-20(25(19)17(14)9-12)27-11-18(26)22-16-7-5-15(21)6-8-16/h3-10H,11H2,1-2H3,(H,22,26). The Labute approximate surface area is 159 Å². The molecule has 0 aliphatic heterocycles. The minimum absolute atomic E-state index is 0.180. The van der Waals surface area contributed by atoms with Crippen LogP contribution in [0.3, 0.4) is 0 Å². The molecule has 2 heterocycles. The van der Waals surface area contributed by atoms with Crippen molar-refractivity contribution in [3.63, 3.8) is 0 Å². The third-order valence-electron chi connectivity index (χ3n) is 4.25. The Balaban J connectivity index is 1.60. The van der Waals surface area contributed by atoms with E-state index in [1.165, 1.54) is 36.0 Å². The number of rotatable bonds is 4. The van der Waals surface area contributed by atoms with E-state index in [4.69, 9.17) is 0 Å². The lowest BCUT2D eigenvalue weighted by Gasteiger charge is -2.08. The summed E-state index contributed by atoms with van der Waals surface area (Å²) < 4.78 is 15.0. The Morgan fingerprint density at radius 1 is 1.11 bits per heavy atom.